The molecular formula is C12H17N3O3. The topological polar surface area (TPSA) is 95.1 Å². The predicted octanol–water partition coefficient (Wildman–Crippen LogP) is 0.835. The van der Waals surface area contributed by atoms with Crippen molar-refractivity contribution in [1.29, 1.82) is 0 Å². The molecule has 0 aliphatic heterocycles. The zero-order valence-corrected chi connectivity index (χ0v) is 10.3. The molecule has 1 saturated carbocycles. The van der Waals surface area contributed by atoms with Crippen LogP contribution in [0.15, 0.2) is 6.20 Å². The Hall–Kier alpha value is -1.85. The predicted molar refractivity (Wildman–Crippen MR) is 63.6 cm³/mol. The highest BCUT2D eigenvalue weighted by Crippen LogP contribution is 2.31. The van der Waals surface area contributed by atoms with Crippen LogP contribution in [0.1, 0.15) is 30.5 Å². The van der Waals surface area contributed by atoms with Gasteiger partial charge in [0.2, 0.25) is 5.91 Å². The van der Waals surface area contributed by atoms with E-state index in [9.17, 15) is 9.59 Å². The molecule has 2 unspecified atom stereocenters. The molecule has 18 heavy (non-hydrogen) atoms. The smallest absolute Gasteiger partial charge is 0.306 e. The molecule has 1 heterocycles. The van der Waals surface area contributed by atoms with Crippen molar-refractivity contribution in [1.82, 2.24) is 15.5 Å². The Labute approximate surface area is 105 Å². The van der Waals surface area contributed by atoms with Gasteiger partial charge < -0.3 is 10.4 Å². The number of hydrogen-bond acceptors (Lipinski definition) is 3. The van der Waals surface area contributed by atoms with Crippen molar-refractivity contribution in [2.45, 2.75) is 32.7 Å². The van der Waals surface area contributed by atoms with Gasteiger partial charge in [-0.15, -0.1) is 0 Å². The maximum Gasteiger partial charge on any atom is 0.306 e. The molecule has 0 saturated heterocycles. The van der Waals surface area contributed by atoms with Crippen LogP contribution in [-0.2, 0) is 16.1 Å². The number of H-pyrrole nitrogens is 1. The SMILES string of the molecule is Cc1[nH]ncc1CNC(=O)C1CCC(C(=O)O)C1. The Kier molecular flexibility index (Phi) is 3.64. The number of carbonyl (C=O) groups is 2. The van der Waals surface area contributed by atoms with Gasteiger partial charge in [-0.2, -0.15) is 5.10 Å². The van der Waals surface area contributed by atoms with Gasteiger partial charge in [0.1, 0.15) is 0 Å². The molecule has 0 bridgehead atoms. The van der Waals surface area contributed by atoms with Crippen LogP contribution in [0.2, 0.25) is 0 Å². The van der Waals surface area contributed by atoms with Gasteiger partial charge in [-0.25, -0.2) is 0 Å². The number of carbonyl (C=O) groups excluding carboxylic acids is 1. The van der Waals surface area contributed by atoms with E-state index in [4.69, 9.17) is 5.11 Å². The molecular weight excluding hydrogens is 234 g/mol. The molecule has 98 valence electrons. The monoisotopic (exact) mass is 251 g/mol. The maximum absolute atomic E-state index is 11.9. The second-order valence-electron chi connectivity index (χ2n) is 4.78. The lowest BCUT2D eigenvalue weighted by molar-refractivity contribution is -0.141. The molecule has 1 aromatic heterocycles. The van der Waals surface area contributed by atoms with Crippen molar-refractivity contribution in [2.24, 2.45) is 11.8 Å². The third kappa shape index (κ3) is 2.69. The number of aliphatic carboxylic acids is 1. The fourth-order valence-corrected chi connectivity index (χ4v) is 2.32. The summed E-state index contributed by atoms with van der Waals surface area (Å²) in [5.41, 5.74) is 1.89. The summed E-state index contributed by atoms with van der Waals surface area (Å²) >= 11 is 0. The summed E-state index contributed by atoms with van der Waals surface area (Å²) in [6.45, 7) is 2.33. The summed E-state index contributed by atoms with van der Waals surface area (Å²) in [6.07, 6.45) is 3.39. The highest BCUT2D eigenvalue weighted by molar-refractivity contribution is 5.80. The van der Waals surface area contributed by atoms with E-state index in [0.29, 0.717) is 25.8 Å². The summed E-state index contributed by atoms with van der Waals surface area (Å²) in [4.78, 5) is 22.7. The standard InChI is InChI=1S/C12H17N3O3/c1-7-10(6-14-15-7)5-13-11(16)8-2-3-9(4-8)12(17)18/h6,8-9H,2-5H2,1H3,(H,13,16)(H,14,15)(H,17,18). The lowest BCUT2D eigenvalue weighted by Gasteiger charge is -2.10. The van der Waals surface area contributed by atoms with Crippen molar-refractivity contribution in [3.05, 3.63) is 17.5 Å². The fourth-order valence-electron chi connectivity index (χ4n) is 2.32. The first-order valence-electron chi connectivity index (χ1n) is 6.07. The number of nitrogens with zero attached hydrogens (tertiary/aromatic N) is 1. The molecule has 1 aliphatic rings. The van der Waals surface area contributed by atoms with Crippen molar-refractivity contribution in [3.8, 4) is 0 Å². The van der Waals surface area contributed by atoms with E-state index >= 15 is 0 Å². The van der Waals surface area contributed by atoms with Crippen LogP contribution in [0.5, 0.6) is 0 Å². The van der Waals surface area contributed by atoms with E-state index < -0.39 is 5.97 Å². The Morgan fingerprint density at radius 2 is 2.22 bits per heavy atom. The molecule has 2 rings (SSSR count). The second kappa shape index (κ2) is 5.20. The summed E-state index contributed by atoms with van der Waals surface area (Å²) in [6, 6.07) is 0. The van der Waals surface area contributed by atoms with E-state index in [2.05, 4.69) is 15.5 Å². The normalized spacial score (nSPS) is 22.9. The average Bonchev–Trinajstić information content (AvgIpc) is 2.94. The quantitative estimate of drug-likeness (QED) is 0.738. The molecule has 2 atom stereocenters. The molecule has 6 nitrogen and oxygen atoms in total. The summed E-state index contributed by atoms with van der Waals surface area (Å²) in [5.74, 6) is -1.38. The molecule has 0 aromatic carbocycles. The first-order chi connectivity index (χ1) is 8.58. The minimum Gasteiger partial charge on any atom is -0.481 e. The van der Waals surface area contributed by atoms with Crippen LogP contribution < -0.4 is 5.32 Å². The Bertz CT molecular complexity index is 455. The first-order valence-corrected chi connectivity index (χ1v) is 6.07. The van der Waals surface area contributed by atoms with Gasteiger partial charge in [-0.05, 0) is 26.2 Å². The Morgan fingerprint density at radius 3 is 2.78 bits per heavy atom. The number of carboxylic acid groups (broad SMARTS) is 1. The number of aromatic nitrogens is 2. The molecule has 1 amide bonds. The molecule has 1 aliphatic carbocycles. The lowest BCUT2D eigenvalue weighted by Crippen LogP contribution is -2.29. The van der Waals surface area contributed by atoms with Crippen LogP contribution in [0.3, 0.4) is 0 Å². The first kappa shape index (κ1) is 12.6. The summed E-state index contributed by atoms with van der Waals surface area (Å²) in [5, 5.41) is 18.4. The van der Waals surface area contributed by atoms with Gasteiger partial charge in [0.25, 0.3) is 0 Å². The fraction of sp³-hybridized carbons (Fsp3) is 0.583. The molecule has 1 aromatic rings. The molecule has 1 fully saturated rings. The number of hydrogen-bond donors (Lipinski definition) is 3. The third-order valence-electron chi connectivity index (χ3n) is 3.54. The highest BCUT2D eigenvalue weighted by atomic mass is 16.4. The number of amides is 1. The number of aryl methyl sites for hydroxylation is 1. The number of carboxylic acids is 1. The second-order valence-corrected chi connectivity index (χ2v) is 4.78. The van der Waals surface area contributed by atoms with Gasteiger partial charge in [0.05, 0.1) is 12.1 Å². The van der Waals surface area contributed by atoms with Crippen molar-refractivity contribution >= 4 is 11.9 Å². The van der Waals surface area contributed by atoms with Crippen molar-refractivity contribution in [2.75, 3.05) is 0 Å². The number of nitrogens with one attached hydrogen (secondary N) is 2. The van der Waals surface area contributed by atoms with Gasteiger partial charge in [0.15, 0.2) is 0 Å². The van der Waals surface area contributed by atoms with E-state index in [1.807, 2.05) is 6.92 Å². The van der Waals surface area contributed by atoms with E-state index in [1.165, 1.54) is 0 Å². The largest absolute Gasteiger partial charge is 0.481 e. The zero-order chi connectivity index (χ0) is 13.1. The molecule has 3 N–H and O–H groups in total. The van der Waals surface area contributed by atoms with Crippen LogP contribution in [0.4, 0.5) is 0 Å². The van der Waals surface area contributed by atoms with E-state index in [0.717, 1.165) is 11.3 Å². The van der Waals surface area contributed by atoms with E-state index in [1.54, 1.807) is 6.20 Å². The van der Waals surface area contributed by atoms with Gasteiger partial charge >= 0.3 is 5.97 Å². The number of rotatable bonds is 4. The van der Waals surface area contributed by atoms with E-state index in [-0.39, 0.29) is 17.7 Å². The van der Waals surface area contributed by atoms with Gasteiger partial charge in [-0.1, -0.05) is 0 Å². The summed E-state index contributed by atoms with van der Waals surface area (Å²) in [7, 11) is 0. The van der Waals surface area contributed by atoms with Crippen molar-refractivity contribution < 1.29 is 14.7 Å². The molecule has 6 heteroatoms. The maximum atomic E-state index is 11.9. The summed E-state index contributed by atoms with van der Waals surface area (Å²) < 4.78 is 0. The van der Waals surface area contributed by atoms with Crippen LogP contribution in [-0.4, -0.2) is 27.2 Å². The lowest BCUT2D eigenvalue weighted by atomic mass is 10.0. The Balaban J connectivity index is 1.83. The van der Waals surface area contributed by atoms with Gasteiger partial charge in [-0.3, -0.25) is 14.7 Å². The number of aromatic amines is 1. The zero-order valence-electron chi connectivity index (χ0n) is 10.3. The van der Waals surface area contributed by atoms with Crippen molar-refractivity contribution in [3.63, 3.8) is 0 Å². The molecule has 0 spiro atoms. The van der Waals surface area contributed by atoms with Crippen LogP contribution in [0, 0.1) is 18.8 Å². The van der Waals surface area contributed by atoms with Crippen LogP contribution >= 0.6 is 0 Å². The highest BCUT2D eigenvalue weighted by Gasteiger charge is 2.33. The molecule has 0 radical (unpaired) electrons. The van der Waals surface area contributed by atoms with Gasteiger partial charge in [0, 0.05) is 23.7 Å². The third-order valence-corrected chi connectivity index (χ3v) is 3.54. The van der Waals surface area contributed by atoms with Crippen LogP contribution in [0.25, 0.3) is 0 Å². The minimum atomic E-state index is -0.795. The Morgan fingerprint density at radius 1 is 1.50 bits per heavy atom. The average molecular weight is 251 g/mol. The minimum absolute atomic E-state index is 0.0562.